The van der Waals surface area contributed by atoms with Crippen LogP contribution >= 0.6 is 0 Å². The average Bonchev–Trinajstić information content (AvgIpc) is 3.04. The van der Waals surface area contributed by atoms with Crippen LogP contribution in [0.1, 0.15) is 15.9 Å². The maximum Gasteiger partial charge on any atom is 0.419 e. The minimum absolute atomic E-state index is 0.108. The number of halogens is 7. The van der Waals surface area contributed by atoms with Gasteiger partial charge in [-0.15, -0.1) is 0 Å². The highest BCUT2D eigenvalue weighted by molar-refractivity contribution is 6.08. The highest BCUT2D eigenvalue weighted by atomic mass is 19.4. The van der Waals surface area contributed by atoms with Crippen LogP contribution in [0.5, 0.6) is 5.75 Å². The predicted molar refractivity (Wildman–Crippen MR) is 84.9 cm³/mol. The van der Waals surface area contributed by atoms with Crippen LogP contribution in [0.4, 0.5) is 36.6 Å². The van der Waals surface area contributed by atoms with Crippen molar-refractivity contribution in [3.05, 3.63) is 53.3 Å². The molecule has 29 heavy (non-hydrogen) atoms. The zero-order chi connectivity index (χ0) is 21.3. The standard InChI is InChI=1S/C17H9F7N2O3/c18-12-7(3-1-4-8(12)17(22,23)24)16(27)25-15-11-9(28-14(21)13(19)20)5-2-6-10(11)29-26-15/h1-6,13-14H,(H,25,26,27). The van der Waals surface area contributed by atoms with Crippen LogP contribution < -0.4 is 10.1 Å². The molecule has 154 valence electrons. The van der Waals surface area contributed by atoms with Crippen LogP contribution in [-0.4, -0.2) is 23.8 Å². The van der Waals surface area contributed by atoms with Gasteiger partial charge in [-0.2, -0.15) is 17.6 Å². The lowest BCUT2D eigenvalue weighted by molar-refractivity contribution is -0.140. The molecule has 0 aliphatic heterocycles. The molecular weight excluding hydrogens is 413 g/mol. The fraction of sp³-hybridized carbons (Fsp3) is 0.176. The van der Waals surface area contributed by atoms with Gasteiger partial charge >= 0.3 is 12.6 Å². The molecule has 0 aliphatic carbocycles. The van der Waals surface area contributed by atoms with Crippen molar-refractivity contribution in [2.45, 2.75) is 19.0 Å². The molecule has 3 rings (SSSR count). The lowest BCUT2D eigenvalue weighted by atomic mass is 10.1. The maximum absolute atomic E-state index is 14.1. The van der Waals surface area contributed by atoms with Crippen molar-refractivity contribution in [2.75, 3.05) is 5.32 Å². The first-order chi connectivity index (χ1) is 13.6. The van der Waals surface area contributed by atoms with Crippen LogP contribution in [0.25, 0.3) is 11.0 Å². The number of carbonyl (C=O) groups is 1. The molecule has 0 saturated heterocycles. The Balaban J connectivity index is 1.96. The van der Waals surface area contributed by atoms with E-state index in [1.807, 2.05) is 5.32 Å². The van der Waals surface area contributed by atoms with Gasteiger partial charge in [-0.25, -0.2) is 13.2 Å². The number of benzene rings is 2. The second kappa shape index (κ2) is 7.60. The maximum atomic E-state index is 14.1. The Morgan fingerprint density at radius 2 is 1.79 bits per heavy atom. The van der Waals surface area contributed by atoms with Crippen molar-refractivity contribution in [3.63, 3.8) is 0 Å². The monoisotopic (exact) mass is 422 g/mol. The summed E-state index contributed by atoms with van der Waals surface area (Å²) >= 11 is 0. The van der Waals surface area contributed by atoms with Gasteiger partial charge < -0.3 is 14.6 Å². The van der Waals surface area contributed by atoms with Gasteiger partial charge in [0.1, 0.15) is 17.0 Å². The summed E-state index contributed by atoms with van der Waals surface area (Å²) in [6.45, 7) is 0. The van der Waals surface area contributed by atoms with E-state index in [0.717, 1.165) is 18.2 Å². The summed E-state index contributed by atoms with van der Waals surface area (Å²) in [6, 6.07) is 5.70. The number of rotatable bonds is 5. The number of amides is 1. The van der Waals surface area contributed by atoms with Crippen molar-refractivity contribution in [3.8, 4) is 5.75 Å². The van der Waals surface area contributed by atoms with Gasteiger partial charge in [0.2, 0.25) is 0 Å². The fourth-order valence-corrected chi connectivity index (χ4v) is 2.42. The molecule has 0 aliphatic rings. The molecular formula is C17H9F7N2O3. The highest BCUT2D eigenvalue weighted by Gasteiger charge is 2.36. The van der Waals surface area contributed by atoms with Gasteiger partial charge in [0, 0.05) is 0 Å². The normalized spacial score (nSPS) is 13.0. The summed E-state index contributed by atoms with van der Waals surface area (Å²) in [6.07, 6.45) is -11.5. The van der Waals surface area contributed by atoms with Crippen LogP contribution in [0, 0.1) is 5.82 Å². The third-order valence-electron chi connectivity index (χ3n) is 3.68. The second-order valence-electron chi connectivity index (χ2n) is 5.58. The van der Waals surface area contributed by atoms with E-state index in [4.69, 9.17) is 4.52 Å². The van der Waals surface area contributed by atoms with Gasteiger partial charge in [0.25, 0.3) is 12.3 Å². The van der Waals surface area contributed by atoms with E-state index in [9.17, 15) is 35.5 Å². The number of ether oxygens (including phenoxy) is 1. The largest absolute Gasteiger partial charge is 0.454 e. The minimum Gasteiger partial charge on any atom is -0.454 e. The number of aromatic nitrogens is 1. The van der Waals surface area contributed by atoms with Crippen molar-refractivity contribution in [2.24, 2.45) is 0 Å². The topological polar surface area (TPSA) is 64.4 Å². The summed E-state index contributed by atoms with van der Waals surface area (Å²) in [7, 11) is 0. The van der Waals surface area contributed by atoms with Crippen LogP contribution in [0.2, 0.25) is 0 Å². The van der Waals surface area contributed by atoms with E-state index >= 15 is 0 Å². The molecule has 3 aromatic rings. The molecule has 1 unspecified atom stereocenters. The van der Waals surface area contributed by atoms with Crippen LogP contribution in [0.15, 0.2) is 40.9 Å². The van der Waals surface area contributed by atoms with Gasteiger partial charge in [0.05, 0.1) is 11.1 Å². The Bertz CT molecular complexity index is 1050. The molecule has 5 nitrogen and oxygen atoms in total. The molecule has 0 bridgehead atoms. The summed E-state index contributed by atoms with van der Waals surface area (Å²) in [5, 5.41) is 5.20. The minimum atomic E-state index is -5.03. The third kappa shape index (κ3) is 4.10. The molecule has 0 spiro atoms. The van der Waals surface area contributed by atoms with Crippen molar-refractivity contribution in [1.29, 1.82) is 0 Å². The van der Waals surface area contributed by atoms with Gasteiger partial charge in [-0.3, -0.25) is 4.79 Å². The predicted octanol–water partition coefficient (Wildman–Crippen LogP) is 5.18. The Morgan fingerprint density at radius 1 is 1.10 bits per heavy atom. The Morgan fingerprint density at radius 3 is 2.45 bits per heavy atom. The molecule has 0 fully saturated rings. The zero-order valence-corrected chi connectivity index (χ0v) is 13.9. The van der Waals surface area contributed by atoms with E-state index in [1.54, 1.807) is 0 Å². The van der Waals surface area contributed by atoms with Gasteiger partial charge in [0.15, 0.2) is 11.4 Å². The molecule has 1 N–H and O–H groups in total. The summed E-state index contributed by atoms with van der Waals surface area (Å²) in [5.74, 6) is -4.11. The number of fused-ring (bicyclic) bond motifs is 1. The van der Waals surface area contributed by atoms with E-state index in [2.05, 4.69) is 9.89 Å². The highest BCUT2D eigenvalue weighted by Crippen LogP contribution is 2.35. The molecule has 1 heterocycles. The first-order valence-corrected chi connectivity index (χ1v) is 7.74. The van der Waals surface area contributed by atoms with E-state index in [0.29, 0.717) is 6.07 Å². The number of hydrogen-bond donors (Lipinski definition) is 1. The van der Waals surface area contributed by atoms with E-state index < -0.39 is 53.4 Å². The quantitative estimate of drug-likeness (QED) is 0.576. The van der Waals surface area contributed by atoms with Gasteiger partial charge in [-0.05, 0) is 24.3 Å². The Hall–Kier alpha value is -3.31. The Labute approximate surface area is 157 Å². The molecule has 12 heteroatoms. The number of nitrogens with one attached hydrogen (secondary N) is 1. The second-order valence-corrected chi connectivity index (χ2v) is 5.58. The summed E-state index contributed by atoms with van der Waals surface area (Å²) < 4.78 is 99.9. The average molecular weight is 422 g/mol. The van der Waals surface area contributed by atoms with Gasteiger partial charge in [-0.1, -0.05) is 17.3 Å². The third-order valence-corrected chi connectivity index (χ3v) is 3.68. The van der Waals surface area contributed by atoms with E-state index in [1.165, 1.54) is 12.1 Å². The number of hydrogen-bond acceptors (Lipinski definition) is 4. The smallest absolute Gasteiger partial charge is 0.419 e. The van der Waals surface area contributed by atoms with Crippen molar-refractivity contribution in [1.82, 2.24) is 5.16 Å². The summed E-state index contributed by atoms with van der Waals surface area (Å²) in [5.41, 5.74) is -2.72. The van der Waals surface area contributed by atoms with Crippen molar-refractivity contribution >= 4 is 22.7 Å². The fourth-order valence-electron chi connectivity index (χ4n) is 2.42. The first-order valence-electron chi connectivity index (χ1n) is 7.74. The number of nitrogens with zero attached hydrogens (tertiary/aromatic N) is 1. The molecule has 1 atom stereocenters. The zero-order valence-electron chi connectivity index (χ0n) is 13.9. The Kier molecular flexibility index (Phi) is 5.36. The molecule has 1 amide bonds. The lowest BCUT2D eigenvalue weighted by Crippen LogP contribution is -2.20. The molecule has 0 radical (unpaired) electrons. The first kappa shape index (κ1) is 20.4. The number of alkyl halides is 6. The molecule has 1 aromatic heterocycles. The molecule has 2 aromatic carbocycles. The molecule has 0 saturated carbocycles. The van der Waals surface area contributed by atoms with E-state index in [-0.39, 0.29) is 11.0 Å². The summed E-state index contributed by atoms with van der Waals surface area (Å²) in [4.78, 5) is 12.3. The van der Waals surface area contributed by atoms with Crippen LogP contribution in [0.3, 0.4) is 0 Å². The number of carbonyl (C=O) groups excluding carboxylic acids is 1. The van der Waals surface area contributed by atoms with Crippen LogP contribution in [-0.2, 0) is 6.18 Å². The number of anilines is 1. The lowest BCUT2D eigenvalue weighted by Gasteiger charge is -2.12. The SMILES string of the molecule is O=C(Nc1noc2cccc(OC(F)C(F)F)c12)c1cccc(C(F)(F)F)c1F. The van der Waals surface area contributed by atoms with Crippen molar-refractivity contribution < 1.29 is 44.8 Å².